The third-order valence-corrected chi connectivity index (χ3v) is 2.69. The largest absolute Gasteiger partial charge is 0.326 e. The molecule has 2 N–H and O–H groups in total. The summed E-state index contributed by atoms with van der Waals surface area (Å²) in [5, 5.41) is 6.28. The second-order valence-electron chi connectivity index (χ2n) is 5.29. The Labute approximate surface area is 110 Å². The first-order chi connectivity index (χ1) is 8.47. The van der Waals surface area contributed by atoms with Crippen molar-refractivity contribution in [2.75, 3.05) is 11.9 Å². The van der Waals surface area contributed by atoms with Crippen molar-refractivity contribution < 1.29 is 4.79 Å². The van der Waals surface area contributed by atoms with Crippen molar-refractivity contribution in [1.29, 1.82) is 0 Å². The van der Waals surface area contributed by atoms with Crippen molar-refractivity contribution in [3.05, 3.63) is 29.8 Å². The first kappa shape index (κ1) is 14.7. The van der Waals surface area contributed by atoms with Crippen LogP contribution in [0.4, 0.5) is 5.69 Å². The van der Waals surface area contributed by atoms with Crippen LogP contribution in [-0.4, -0.2) is 18.5 Å². The molecule has 0 aliphatic rings. The topological polar surface area (TPSA) is 41.1 Å². The van der Waals surface area contributed by atoms with Gasteiger partial charge in [-0.1, -0.05) is 26.0 Å². The SMILES string of the molecule is CC(=O)Nc1ccc(CC(C)NCC(C)C)cc1. The Morgan fingerprint density at radius 1 is 1.17 bits per heavy atom. The van der Waals surface area contributed by atoms with Gasteiger partial charge in [-0.15, -0.1) is 0 Å². The molecule has 0 radical (unpaired) electrons. The lowest BCUT2D eigenvalue weighted by atomic mass is 10.1. The number of hydrogen-bond donors (Lipinski definition) is 2. The molecular weight excluding hydrogens is 224 g/mol. The van der Waals surface area contributed by atoms with Crippen LogP contribution >= 0.6 is 0 Å². The summed E-state index contributed by atoms with van der Waals surface area (Å²) in [6.07, 6.45) is 1.01. The van der Waals surface area contributed by atoms with Gasteiger partial charge in [0.05, 0.1) is 0 Å². The molecule has 1 rings (SSSR count). The molecule has 1 amide bonds. The molecule has 1 aromatic rings. The summed E-state index contributed by atoms with van der Waals surface area (Å²) >= 11 is 0. The number of anilines is 1. The van der Waals surface area contributed by atoms with Gasteiger partial charge < -0.3 is 10.6 Å². The zero-order chi connectivity index (χ0) is 13.5. The molecule has 0 aliphatic carbocycles. The van der Waals surface area contributed by atoms with Gasteiger partial charge >= 0.3 is 0 Å². The molecule has 1 atom stereocenters. The molecule has 0 bridgehead atoms. The van der Waals surface area contributed by atoms with Crippen LogP contribution in [0.15, 0.2) is 24.3 Å². The van der Waals surface area contributed by atoms with Gasteiger partial charge in [0.25, 0.3) is 0 Å². The number of rotatable bonds is 6. The van der Waals surface area contributed by atoms with Crippen molar-refractivity contribution >= 4 is 11.6 Å². The molecule has 0 aliphatic heterocycles. The molecule has 100 valence electrons. The summed E-state index contributed by atoms with van der Waals surface area (Å²) in [5.41, 5.74) is 2.14. The Bertz CT molecular complexity index is 371. The van der Waals surface area contributed by atoms with Crippen molar-refractivity contribution in [2.24, 2.45) is 5.92 Å². The Morgan fingerprint density at radius 3 is 2.28 bits per heavy atom. The van der Waals surface area contributed by atoms with E-state index in [1.54, 1.807) is 0 Å². The Balaban J connectivity index is 2.45. The smallest absolute Gasteiger partial charge is 0.221 e. The standard InChI is InChI=1S/C15H24N2O/c1-11(2)10-16-12(3)9-14-5-7-15(8-6-14)17-13(4)18/h5-8,11-12,16H,9-10H2,1-4H3,(H,17,18). The van der Waals surface area contributed by atoms with Gasteiger partial charge in [-0.25, -0.2) is 0 Å². The molecular formula is C15H24N2O. The normalized spacial score (nSPS) is 12.5. The fourth-order valence-corrected chi connectivity index (χ4v) is 1.79. The molecule has 1 unspecified atom stereocenters. The van der Waals surface area contributed by atoms with E-state index in [1.165, 1.54) is 12.5 Å². The zero-order valence-corrected chi connectivity index (χ0v) is 11.8. The molecule has 1 aromatic carbocycles. The molecule has 3 nitrogen and oxygen atoms in total. The van der Waals surface area contributed by atoms with Crippen LogP contribution in [0.25, 0.3) is 0 Å². The molecule has 0 aromatic heterocycles. The number of carbonyl (C=O) groups excluding carboxylic acids is 1. The van der Waals surface area contributed by atoms with E-state index in [9.17, 15) is 4.79 Å². The van der Waals surface area contributed by atoms with E-state index in [4.69, 9.17) is 0 Å². The van der Waals surface area contributed by atoms with Crippen molar-refractivity contribution in [2.45, 2.75) is 40.2 Å². The summed E-state index contributed by atoms with van der Waals surface area (Å²) in [5.74, 6) is 0.643. The fraction of sp³-hybridized carbons (Fsp3) is 0.533. The van der Waals surface area contributed by atoms with E-state index < -0.39 is 0 Å². The van der Waals surface area contributed by atoms with Gasteiger partial charge in [-0.3, -0.25) is 4.79 Å². The first-order valence-corrected chi connectivity index (χ1v) is 6.57. The van der Waals surface area contributed by atoms with E-state index >= 15 is 0 Å². The lowest BCUT2D eigenvalue weighted by Crippen LogP contribution is -2.31. The van der Waals surface area contributed by atoms with E-state index in [1.807, 2.05) is 12.1 Å². The predicted molar refractivity (Wildman–Crippen MR) is 76.8 cm³/mol. The van der Waals surface area contributed by atoms with Crippen LogP contribution in [0.2, 0.25) is 0 Å². The Hall–Kier alpha value is -1.35. The minimum absolute atomic E-state index is 0.0327. The number of benzene rings is 1. The monoisotopic (exact) mass is 248 g/mol. The number of hydrogen-bond acceptors (Lipinski definition) is 2. The average Bonchev–Trinajstić information content (AvgIpc) is 2.28. The maximum Gasteiger partial charge on any atom is 0.221 e. The maximum atomic E-state index is 10.9. The van der Waals surface area contributed by atoms with Crippen LogP contribution in [0, 0.1) is 5.92 Å². The van der Waals surface area contributed by atoms with Crippen LogP contribution in [0.1, 0.15) is 33.3 Å². The number of amides is 1. The van der Waals surface area contributed by atoms with Crippen molar-refractivity contribution in [3.8, 4) is 0 Å². The molecule has 3 heteroatoms. The lowest BCUT2D eigenvalue weighted by molar-refractivity contribution is -0.114. The molecule has 18 heavy (non-hydrogen) atoms. The minimum atomic E-state index is -0.0327. The van der Waals surface area contributed by atoms with Crippen LogP contribution < -0.4 is 10.6 Å². The van der Waals surface area contributed by atoms with Gasteiger partial charge in [0.1, 0.15) is 0 Å². The zero-order valence-electron chi connectivity index (χ0n) is 11.8. The third kappa shape index (κ3) is 5.82. The summed E-state index contributed by atoms with van der Waals surface area (Å²) in [6.45, 7) is 9.19. The Morgan fingerprint density at radius 2 is 1.78 bits per heavy atom. The maximum absolute atomic E-state index is 10.9. The lowest BCUT2D eigenvalue weighted by Gasteiger charge is -2.15. The predicted octanol–water partition coefficient (Wildman–Crippen LogP) is 2.82. The molecule has 0 fully saturated rings. The van der Waals surface area contributed by atoms with Crippen LogP contribution in [-0.2, 0) is 11.2 Å². The fourth-order valence-electron chi connectivity index (χ4n) is 1.79. The number of carbonyl (C=O) groups is 1. The van der Waals surface area contributed by atoms with Gasteiger partial charge in [-0.2, -0.15) is 0 Å². The molecule has 0 heterocycles. The van der Waals surface area contributed by atoms with E-state index in [0.29, 0.717) is 12.0 Å². The second-order valence-corrected chi connectivity index (χ2v) is 5.29. The van der Waals surface area contributed by atoms with Gasteiger partial charge in [-0.05, 0) is 43.5 Å². The van der Waals surface area contributed by atoms with E-state index in [2.05, 4.69) is 43.5 Å². The first-order valence-electron chi connectivity index (χ1n) is 6.57. The minimum Gasteiger partial charge on any atom is -0.326 e. The van der Waals surface area contributed by atoms with E-state index in [0.717, 1.165) is 18.7 Å². The quantitative estimate of drug-likeness (QED) is 0.813. The van der Waals surface area contributed by atoms with Gasteiger partial charge in [0, 0.05) is 18.7 Å². The summed E-state index contributed by atoms with van der Waals surface area (Å²) in [4.78, 5) is 10.9. The number of nitrogens with one attached hydrogen (secondary N) is 2. The Kier molecular flexibility index (Phi) is 5.86. The highest BCUT2D eigenvalue weighted by Gasteiger charge is 2.04. The van der Waals surface area contributed by atoms with Crippen LogP contribution in [0.5, 0.6) is 0 Å². The molecule has 0 spiro atoms. The van der Waals surface area contributed by atoms with Gasteiger partial charge in [0.2, 0.25) is 5.91 Å². The molecule has 0 saturated carbocycles. The summed E-state index contributed by atoms with van der Waals surface area (Å²) in [7, 11) is 0. The molecule has 0 saturated heterocycles. The van der Waals surface area contributed by atoms with E-state index in [-0.39, 0.29) is 5.91 Å². The third-order valence-electron chi connectivity index (χ3n) is 2.69. The van der Waals surface area contributed by atoms with Crippen molar-refractivity contribution in [3.63, 3.8) is 0 Å². The highest BCUT2D eigenvalue weighted by Crippen LogP contribution is 2.11. The summed E-state index contributed by atoms with van der Waals surface area (Å²) < 4.78 is 0. The average molecular weight is 248 g/mol. The van der Waals surface area contributed by atoms with Crippen molar-refractivity contribution in [1.82, 2.24) is 5.32 Å². The summed E-state index contributed by atoms with van der Waals surface area (Å²) in [6, 6.07) is 8.51. The highest BCUT2D eigenvalue weighted by molar-refractivity contribution is 5.88. The van der Waals surface area contributed by atoms with Gasteiger partial charge in [0.15, 0.2) is 0 Å². The highest BCUT2D eigenvalue weighted by atomic mass is 16.1. The van der Waals surface area contributed by atoms with Crippen LogP contribution in [0.3, 0.4) is 0 Å². The second kappa shape index (κ2) is 7.17.